The van der Waals surface area contributed by atoms with Gasteiger partial charge in [-0.3, -0.25) is 9.78 Å². The van der Waals surface area contributed by atoms with Crippen molar-refractivity contribution in [2.45, 2.75) is 20.4 Å². The van der Waals surface area contributed by atoms with Gasteiger partial charge in [-0.1, -0.05) is 29.3 Å². The standard InChI is InChI=1S/C17H20Cl2N4O/c1-9-13(8-21)16(12-4-3-11(18)7-14(12)19)15(10(2)23-9)17(24)22-6-5-20/h3-4,7H,5-6,8,20-21H2,1-2H3,(H,22,24). The summed E-state index contributed by atoms with van der Waals surface area (Å²) in [5.41, 5.74) is 15.4. The summed E-state index contributed by atoms with van der Waals surface area (Å²) >= 11 is 12.4. The Morgan fingerprint density at radius 3 is 2.50 bits per heavy atom. The van der Waals surface area contributed by atoms with Crippen LogP contribution in [0.15, 0.2) is 18.2 Å². The number of nitrogens with zero attached hydrogens (tertiary/aromatic N) is 1. The van der Waals surface area contributed by atoms with Gasteiger partial charge in [-0.25, -0.2) is 0 Å². The number of nitrogens with two attached hydrogens (primary N) is 2. The minimum absolute atomic E-state index is 0.241. The quantitative estimate of drug-likeness (QED) is 0.758. The number of rotatable bonds is 5. The summed E-state index contributed by atoms with van der Waals surface area (Å²) in [5, 5.41) is 3.76. The van der Waals surface area contributed by atoms with Crippen LogP contribution in [0.2, 0.25) is 10.0 Å². The SMILES string of the molecule is Cc1nc(C)c(C(=O)NCCN)c(-c2ccc(Cl)cc2Cl)c1CN. The Hall–Kier alpha value is -1.66. The summed E-state index contributed by atoms with van der Waals surface area (Å²) in [6, 6.07) is 5.17. The maximum Gasteiger partial charge on any atom is 0.253 e. The van der Waals surface area contributed by atoms with Crippen LogP contribution in [-0.4, -0.2) is 24.0 Å². The Balaban J connectivity index is 2.77. The fourth-order valence-electron chi connectivity index (χ4n) is 2.68. The Morgan fingerprint density at radius 2 is 1.92 bits per heavy atom. The molecule has 0 aliphatic rings. The molecular weight excluding hydrogens is 347 g/mol. The number of pyridine rings is 1. The molecular formula is C17H20Cl2N4O. The fraction of sp³-hybridized carbons (Fsp3) is 0.294. The molecule has 1 amide bonds. The smallest absolute Gasteiger partial charge is 0.253 e. The second-order valence-electron chi connectivity index (χ2n) is 5.38. The van der Waals surface area contributed by atoms with Gasteiger partial charge in [0.15, 0.2) is 0 Å². The van der Waals surface area contributed by atoms with Crippen molar-refractivity contribution in [2.24, 2.45) is 11.5 Å². The van der Waals surface area contributed by atoms with Gasteiger partial charge in [0.2, 0.25) is 0 Å². The van der Waals surface area contributed by atoms with Crippen LogP contribution in [0.25, 0.3) is 11.1 Å². The maximum absolute atomic E-state index is 12.7. The molecule has 5 N–H and O–H groups in total. The van der Waals surface area contributed by atoms with E-state index in [1.807, 2.05) is 6.92 Å². The summed E-state index contributed by atoms with van der Waals surface area (Å²) < 4.78 is 0. The average molecular weight is 367 g/mol. The lowest BCUT2D eigenvalue weighted by Gasteiger charge is -2.19. The van der Waals surface area contributed by atoms with Crippen molar-refractivity contribution in [3.8, 4) is 11.1 Å². The number of hydrogen-bond donors (Lipinski definition) is 3. The van der Waals surface area contributed by atoms with Crippen molar-refractivity contribution < 1.29 is 4.79 Å². The van der Waals surface area contributed by atoms with Gasteiger partial charge >= 0.3 is 0 Å². The van der Waals surface area contributed by atoms with E-state index in [0.29, 0.717) is 45.5 Å². The van der Waals surface area contributed by atoms with Crippen LogP contribution < -0.4 is 16.8 Å². The van der Waals surface area contributed by atoms with Crippen molar-refractivity contribution in [3.05, 3.63) is 50.8 Å². The van der Waals surface area contributed by atoms with E-state index < -0.39 is 0 Å². The lowest BCUT2D eigenvalue weighted by molar-refractivity contribution is 0.0954. The normalized spacial score (nSPS) is 10.8. The molecule has 0 fully saturated rings. The van der Waals surface area contributed by atoms with Crippen molar-refractivity contribution in [3.63, 3.8) is 0 Å². The molecule has 0 bridgehead atoms. The largest absolute Gasteiger partial charge is 0.351 e. The monoisotopic (exact) mass is 366 g/mol. The Kier molecular flexibility index (Phi) is 6.18. The van der Waals surface area contributed by atoms with Crippen LogP contribution in [0.5, 0.6) is 0 Å². The first-order valence-corrected chi connectivity index (χ1v) is 8.30. The number of carbonyl (C=O) groups is 1. The van der Waals surface area contributed by atoms with Crippen molar-refractivity contribution in [1.82, 2.24) is 10.3 Å². The van der Waals surface area contributed by atoms with Crippen LogP contribution in [-0.2, 0) is 6.54 Å². The van der Waals surface area contributed by atoms with Crippen LogP contribution >= 0.6 is 23.2 Å². The number of carbonyl (C=O) groups excluding carboxylic acids is 1. The molecule has 0 aliphatic heterocycles. The average Bonchev–Trinajstić information content (AvgIpc) is 2.52. The first kappa shape index (κ1) is 18.7. The number of halogens is 2. The third kappa shape index (κ3) is 3.70. The molecule has 128 valence electrons. The highest BCUT2D eigenvalue weighted by atomic mass is 35.5. The van der Waals surface area contributed by atoms with E-state index >= 15 is 0 Å². The van der Waals surface area contributed by atoms with Crippen LogP contribution in [0, 0.1) is 13.8 Å². The van der Waals surface area contributed by atoms with E-state index in [-0.39, 0.29) is 12.5 Å². The van der Waals surface area contributed by atoms with Gasteiger partial charge in [0.1, 0.15) is 0 Å². The van der Waals surface area contributed by atoms with Gasteiger partial charge in [-0.2, -0.15) is 0 Å². The van der Waals surface area contributed by atoms with Gasteiger partial charge in [-0.15, -0.1) is 0 Å². The van der Waals surface area contributed by atoms with Crippen LogP contribution in [0.4, 0.5) is 0 Å². The number of hydrogen-bond acceptors (Lipinski definition) is 4. The van der Waals surface area contributed by atoms with Crippen molar-refractivity contribution in [2.75, 3.05) is 13.1 Å². The third-order valence-corrected chi connectivity index (χ3v) is 4.30. The zero-order valence-corrected chi connectivity index (χ0v) is 15.1. The summed E-state index contributed by atoms with van der Waals surface area (Å²) in [5.74, 6) is -0.249. The molecule has 0 atom stereocenters. The third-order valence-electron chi connectivity index (χ3n) is 3.75. The number of aromatic nitrogens is 1. The Labute approximate surface area is 151 Å². The molecule has 0 saturated heterocycles. The summed E-state index contributed by atoms with van der Waals surface area (Å²) in [6.45, 7) is 4.62. The van der Waals surface area contributed by atoms with E-state index in [4.69, 9.17) is 34.7 Å². The maximum atomic E-state index is 12.7. The second-order valence-corrected chi connectivity index (χ2v) is 6.23. The van der Waals surface area contributed by atoms with Crippen LogP contribution in [0.3, 0.4) is 0 Å². The molecule has 0 radical (unpaired) electrons. The summed E-state index contributed by atoms with van der Waals surface area (Å²) in [6.07, 6.45) is 0. The lowest BCUT2D eigenvalue weighted by atomic mass is 9.92. The molecule has 0 spiro atoms. The number of amides is 1. The highest BCUT2D eigenvalue weighted by Gasteiger charge is 2.23. The zero-order chi connectivity index (χ0) is 17.9. The summed E-state index contributed by atoms with van der Waals surface area (Å²) in [7, 11) is 0. The van der Waals surface area contributed by atoms with Crippen molar-refractivity contribution >= 4 is 29.1 Å². The molecule has 1 heterocycles. The van der Waals surface area contributed by atoms with Gasteiger partial charge < -0.3 is 16.8 Å². The fourth-order valence-corrected chi connectivity index (χ4v) is 3.18. The molecule has 1 aromatic heterocycles. The predicted molar refractivity (Wildman–Crippen MR) is 98.4 cm³/mol. The molecule has 2 aromatic rings. The van der Waals surface area contributed by atoms with Crippen LogP contribution in [0.1, 0.15) is 27.3 Å². The Morgan fingerprint density at radius 1 is 1.21 bits per heavy atom. The topological polar surface area (TPSA) is 94.0 Å². The molecule has 2 rings (SSSR count). The zero-order valence-electron chi connectivity index (χ0n) is 13.6. The highest BCUT2D eigenvalue weighted by Crippen LogP contribution is 2.36. The number of nitrogens with one attached hydrogen (secondary N) is 1. The van der Waals surface area contributed by atoms with Gasteiger partial charge in [0, 0.05) is 46.5 Å². The van der Waals surface area contributed by atoms with E-state index in [2.05, 4.69) is 10.3 Å². The molecule has 7 heteroatoms. The molecule has 0 unspecified atom stereocenters. The van der Waals surface area contributed by atoms with E-state index in [9.17, 15) is 4.79 Å². The van der Waals surface area contributed by atoms with E-state index in [0.717, 1.165) is 11.3 Å². The first-order chi connectivity index (χ1) is 11.4. The molecule has 24 heavy (non-hydrogen) atoms. The molecule has 0 saturated carbocycles. The Bertz CT molecular complexity index is 778. The lowest BCUT2D eigenvalue weighted by Crippen LogP contribution is -2.30. The van der Waals surface area contributed by atoms with Crippen molar-refractivity contribution in [1.29, 1.82) is 0 Å². The predicted octanol–water partition coefficient (Wildman–Crippen LogP) is 2.82. The first-order valence-electron chi connectivity index (χ1n) is 7.54. The highest BCUT2D eigenvalue weighted by molar-refractivity contribution is 6.36. The molecule has 5 nitrogen and oxygen atoms in total. The van der Waals surface area contributed by atoms with Gasteiger partial charge in [-0.05, 0) is 31.5 Å². The number of aryl methyl sites for hydroxylation is 2. The van der Waals surface area contributed by atoms with Gasteiger partial charge in [0.05, 0.1) is 11.3 Å². The molecule has 0 aliphatic carbocycles. The number of benzene rings is 1. The minimum atomic E-state index is -0.249. The summed E-state index contributed by atoms with van der Waals surface area (Å²) in [4.78, 5) is 17.1. The second kappa shape index (κ2) is 7.94. The minimum Gasteiger partial charge on any atom is -0.351 e. The van der Waals surface area contributed by atoms with E-state index in [1.165, 1.54) is 0 Å². The van der Waals surface area contributed by atoms with E-state index in [1.54, 1.807) is 25.1 Å². The molecule has 1 aromatic carbocycles. The van der Waals surface area contributed by atoms with Gasteiger partial charge in [0.25, 0.3) is 5.91 Å².